The van der Waals surface area contributed by atoms with Crippen LogP contribution in [0.4, 0.5) is 0 Å². The number of nitrogens with two attached hydrogens (primary N) is 1. The van der Waals surface area contributed by atoms with Crippen LogP contribution in [-0.4, -0.2) is 25.7 Å². The van der Waals surface area contributed by atoms with Crippen molar-refractivity contribution in [2.75, 3.05) is 7.11 Å². The Balaban J connectivity index is 2.86. The van der Waals surface area contributed by atoms with Gasteiger partial charge in [0.2, 0.25) is 6.10 Å². The average molecular weight is 223 g/mol. The van der Waals surface area contributed by atoms with E-state index in [9.17, 15) is 9.59 Å². The third-order valence-electron chi connectivity index (χ3n) is 2.15. The molecule has 86 valence electrons. The molecule has 1 aromatic carbocycles. The SMILES string of the molecule is COC(=O)[C@H](OC=O)[C@@H](N)c1ccccc1. The molecule has 0 bridgehead atoms. The number of hydrogen-bond acceptors (Lipinski definition) is 5. The topological polar surface area (TPSA) is 78.6 Å². The van der Waals surface area contributed by atoms with Crippen molar-refractivity contribution >= 4 is 12.4 Å². The molecule has 5 heteroatoms. The number of benzene rings is 1. The minimum absolute atomic E-state index is 0.185. The molecule has 0 radical (unpaired) electrons. The van der Waals surface area contributed by atoms with Gasteiger partial charge in [0.05, 0.1) is 13.2 Å². The lowest BCUT2D eigenvalue weighted by atomic mass is 10.0. The Kier molecular flexibility index (Phi) is 4.47. The van der Waals surface area contributed by atoms with Crippen molar-refractivity contribution in [3.05, 3.63) is 35.9 Å². The van der Waals surface area contributed by atoms with Gasteiger partial charge in [-0.05, 0) is 5.56 Å². The molecule has 16 heavy (non-hydrogen) atoms. The molecule has 0 amide bonds. The number of methoxy groups -OCH3 is 1. The molecule has 0 aromatic heterocycles. The van der Waals surface area contributed by atoms with Gasteiger partial charge in [0.15, 0.2) is 0 Å². The van der Waals surface area contributed by atoms with Gasteiger partial charge in [-0.1, -0.05) is 30.3 Å². The standard InChI is InChI=1S/C11H13NO4/c1-15-11(14)10(16-7-13)9(12)8-5-3-2-4-6-8/h2-7,9-10H,12H2,1H3/t9-,10+/m0/s1. The van der Waals surface area contributed by atoms with Gasteiger partial charge in [-0.3, -0.25) is 4.79 Å². The molecule has 2 atom stereocenters. The highest BCUT2D eigenvalue weighted by molar-refractivity contribution is 5.77. The van der Waals surface area contributed by atoms with Crippen molar-refractivity contribution in [2.45, 2.75) is 12.1 Å². The van der Waals surface area contributed by atoms with Crippen LogP contribution in [0.25, 0.3) is 0 Å². The first kappa shape index (κ1) is 12.2. The summed E-state index contributed by atoms with van der Waals surface area (Å²) in [6.07, 6.45) is -1.12. The van der Waals surface area contributed by atoms with Crippen molar-refractivity contribution in [1.82, 2.24) is 0 Å². The van der Waals surface area contributed by atoms with Crippen molar-refractivity contribution in [3.63, 3.8) is 0 Å². The van der Waals surface area contributed by atoms with Gasteiger partial charge >= 0.3 is 5.97 Å². The summed E-state index contributed by atoms with van der Waals surface area (Å²) in [6, 6.07) is 8.14. The molecule has 1 aromatic rings. The molecule has 0 spiro atoms. The Hall–Kier alpha value is -1.88. The van der Waals surface area contributed by atoms with Crippen molar-refractivity contribution in [2.24, 2.45) is 5.73 Å². The monoisotopic (exact) mass is 223 g/mol. The molecular weight excluding hydrogens is 210 g/mol. The zero-order chi connectivity index (χ0) is 12.0. The lowest BCUT2D eigenvalue weighted by Crippen LogP contribution is -2.36. The molecular formula is C11H13NO4. The second-order valence-corrected chi connectivity index (χ2v) is 3.11. The van der Waals surface area contributed by atoms with Gasteiger partial charge in [-0.25, -0.2) is 4.79 Å². The van der Waals surface area contributed by atoms with Gasteiger partial charge in [0.1, 0.15) is 0 Å². The number of rotatable bonds is 5. The van der Waals surface area contributed by atoms with Gasteiger partial charge in [-0.15, -0.1) is 0 Å². The summed E-state index contributed by atoms with van der Waals surface area (Å²) >= 11 is 0. The van der Waals surface area contributed by atoms with E-state index in [2.05, 4.69) is 9.47 Å². The lowest BCUT2D eigenvalue weighted by molar-refractivity contribution is -0.160. The Morgan fingerprint density at radius 1 is 1.38 bits per heavy atom. The first-order chi connectivity index (χ1) is 7.70. The predicted octanol–water partition coefficient (Wildman–Crippen LogP) is 0.401. The van der Waals surface area contributed by atoms with E-state index in [0.29, 0.717) is 5.56 Å². The van der Waals surface area contributed by atoms with Crippen molar-refractivity contribution < 1.29 is 19.1 Å². The smallest absolute Gasteiger partial charge is 0.349 e. The van der Waals surface area contributed by atoms with Crippen molar-refractivity contribution in [1.29, 1.82) is 0 Å². The number of ether oxygens (including phenoxy) is 2. The fourth-order valence-corrected chi connectivity index (χ4v) is 1.31. The molecule has 0 aliphatic heterocycles. The van der Waals surface area contributed by atoms with Crippen LogP contribution in [0.1, 0.15) is 11.6 Å². The van der Waals surface area contributed by atoms with E-state index in [1.165, 1.54) is 7.11 Å². The number of carbonyl (C=O) groups is 2. The van der Waals surface area contributed by atoms with E-state index in [1.807, 2.05) is 6.07 Å². The van der Waals surface area contributed by atoms with E-state index in [-0.39, 0.29) is 6.47 Å². The van der Waals surface area contributed by atoms with Crippen LogP contribution >= 0.6 is 0 Å². The third kappa shape index (κ3) is 2.80. The van der Waals surface area contributed by atoms with Gasteiger partial charge < -0.3 is 15.2 Å². The molecule has 1 rings (SSSR count). The first-order valence-corrected chi connectivity index (χ1v) is 4.68. The quantitative estimate of drug-likeness (QED) is 0.577. The molecule has 2 N–H and O–H groups in total. The highest BCUT2D eigenvalue weighted by Crippen LogP contribution is 2.16. The largest absolute Gasteiger partial charge is 0.466 e. The Morgan fingerprint density at radius 3 is 2.50 bits per heavy atom. The van der Waals surface area contributed by atoms with E-state index in [0.717, 1.165) is 0 Å². The van der Waals surface area contributed by atoms with E-state index < -0.39 is 18.1 Å². The first-order valence-electron chi connectivity index (χ1n) is 4.68. The van der Waals surface area contributed by atoms with Crippen LogP contribution in [0.3, 0.4) is 0 Å². The van der Waals surface area contributed by atoms with Crippen LogP contribution in [0.2, 0.25) is 0 Å². The van der Waals surface area contributed by atoms with Crippen LogP contribution in [0, 0.1) is 0 Å². The van der Waals surface area contributed by atoms with E-state index in [1.54, 1.807) is 24.3 Å². The average Bonchev–Trinajstić information content (AvgIpc) is 2.35. The second kappa shape index (κ2) is 5.87. The normalized spacial score (nSPS) is 13.6. The fraction of sp³-hybridized carbons (Fsp3) is 0.273. The molecule has 0 fully saturated rings. The lowest BCUT2D eigenvalue weighted by Gasteiger charge is -2.19. The summed E-state index contributed by atoms with van der Waals surface area (Å²) in [6.45, 7) is 0.185. The molecule has 0 saturated carbocycles. The Bertz CT molecular complexity index is 352. The zero-order valence-corrected chi connectivity index (χ0v) is 8.83. The summed E-state index contributed by atoms with van der Waals surface area (Å²) in [4.78, 5) is 21.6. The van der Waals surface area contributed by atoms with Crippen molar-refractivity contribution in [3.8, 4) is 0 Å². The summed E-state index contributed by atoms with van der Waals surface area (Å²) in [5.74, 6) is -0.677. The Morgan fingerprint density at radius 2 is 2.00 bits per heavy atom. The fourth-order valence-electron chi connectivity index (χ4n) is 1.31. The molecule has 0 unspecified atom stereocenters. The maximum absolute atomic E-state index is 11.3. The van der Waals surface area contributed by atoms with Crippen LogP contribution in [0.15, 0.2) is 30.3 Å². The zero-order valence-electron chi connectivity index (χ0n) is 8.83. The highest BCUT2D eigenvalue weighted by Gasteiger charge is 2.29. The van der Waals surface area contributed by atoms with E-state index in [4.69, 9.17) is 5.73 Å². The summed E-state index contributed by atoms with van der Waals surface area (Å²) in [7, 11) is 1.21. The molecule has 0 aliphatic rings. The van der Waals surface area contributed by atoms with Gasteiger partial charge in [0, 0.05) is 0 Å². The molecule has 0 heterocycles. The number of esters is 1. The second-order valence-electron chi connectivity index (χ2n) is 3.11. The van der Waals surface area contributed by atoms with E-state index >= 15 is 0 Å². The van der Waals surface area contributed by atoms with Gasteiger partial charge in [0.25, 0.3) is 6.47 Å². The molecule has 5 nitrogen and oxygen atoms in total. The molecule has 0 saturated heterocycles. The minimum Gasteiger partial charge on any atom is -0.466 e. The predicted molar refractivity (Wildman–Crippen MR) is 56.3 cm³/mol. The summed E-state index contributed by atoms with van der Waals surface area (Å²) < 4.78 is 9.14. The third-order valence-corrected chi connectivity index (χ3v) is 2.15. The summed E-state index contributed by atoms with van der Waals surface area (Å²) in [5, 5.41) is 0. The van der Waals surface area contributed by atoms with Gasteiger partial charge in [-0.2, -0.15) is 0 Å². The summed E-state index contributed by atoms with van der Waals surface area (Å²) in [5.41, 5.74) is 6.51. The number of carbonyl (C=O) groups excluding carboxylic acids is 2. The van der Waals surface area contributed by atoms with Crippen LogP contribution in [0.5, 0.6) is 0 Å². The Labute approximate surface area is 93.1 Å². The maximum atomic E-state index is 11.3. The highest BCUT2D eigenvalue weighted by atomic mass is 16.6. The van der Waals surface area contributed by atoms with Crippen LogP contribution in [-0.2, 0) is 19.1 Å². The number of hydrogen-bond donors (Lipinski definition) is 1. The molecule has 0 aliphatic carbocycles. The van der Waals surface area contributed by atoms with Crippen LogP contribution < -0.4 is 5.73 Å². The minimum atomic E-state index is -1.12. The maximum Gasteiger partial charge on any atom is 0.349 e.